The van der Waals surface area contributed by atoms with Crippen molar-refractivity contribution in [2.24, 2.45) is 7.05 Å². The smallest absolute Gasteiger partial charge is 0.297 e. The molecular formula is C25H25N7O. The first kappa shape index (κ1) is 19.6. The molecule has 166 valence electrons. The van der Waals surface area contributed by atoms with E-state index in [1.54, 1.807) is 6.26 Å². The number of rotatable bonds is 5. The first-order valence-corrected chi connectivity index (χ1v) is 11.2. The van der Waals surface area contributed by atoms with Crippen LogP contribution in [0.25, 0.3) is 16.6 Å². The normalized spacial score (nSPS) is 14.3. The van der Waals surface area contributed by atoms with Gasteiger partial charge in [-0.05, 0) is 11.6 Å². The molecular weight excluding hydrogens is 414 g/mol. The summed E-state index contributed by atoms with van der Waals surface area (Å²) in [6.07, 6.45) is 10.5. The number of benzene rings is 1. The molecule has 0 saturated carbocycles. The molecule has 1 saturated heterocycles. The van der Waals surface area contributed by atoms with E-state index >= 15 is 0 Å². The summed E-state index contributed by atoms with van der Waals surface area (Å²) in [6.45, 7) is 3.50. The molecule has 0 aliphatic carbocycles. The average molecular weight is 440 g/mol. The minimum absolute atomic E-state index is 0.710. The minimum atomic E-state index is 0.710. The molecule has 0 radical (unpaired) electrons. The summed E-state index contributed by atoms with van der Waals surface area (Å²) in [5.74, 6) is 0. The van der Waals surface area contributed by atoms with E-state index in [1.807, 2.05) is 40.9 Å². The Balaban J connectivity index is 1.14. The highest BCUT2D eigenvalue weighted by atomic mass is 16.4. The largest absolute Gasteiger partial charge is 0.432 e. The molecule has 5 aromatic rings. The molecule has 8 heteroatoms. The Morgan fingerprint density at radius 3 is 2.45 bits per heavy atom. The van der Waals surface area contributed by atoms with Gasteiger partial charge in [-0.25, -0.2) is 4.52 Å². The molecule has 1 aliphatic heterocycles. The standard InChI is InChI=1S/C25H25N7O/c1-29-16-21(14-26-29)20-7-8-23-24(15-27-32(23)17-20)30-9-11-31(12-10-30)25-28-22(18-33-25)13-19-5-3-2-4-6-19/h2-8,14-18H,9-13H2,1H3. The van der Waals surface area contributed by atoms with E-state index in [9.17, 15) is 0 Å². The topological polar surface area (TPSA) is 67.6 Å². The van der Waals surface area contributed by atoms with E-state index in [-0.39, 0.29) is 0 Å². The van der Waals surface area contributed by atoms with Crippen molar-refractivity contribution in [1.29, 1.82) is 0 Å². The Bertz CT molecular complexity index is 1380. The zero-order chi connectivity index (χ0) is 22.2. The summed E-state index contributed by atoms with van der Waals surface area (Å²) in [4.78, 5) is 9.33. The number of fused-ring (bicyclic) bond motifs is 1. The number of nitrogens with zero attached hydrogens (tertiary/aromatic N) is 7. The molecule has 6 rings (SSSR count). The zero-order valence-corrected chi connectivity index (χ0v) is 18.5. The van der Waals surface area contributed by atoms with Crippen molar-refractivity contribution >= 4 is 17.2 Å². The third-order valence-corrected chi connectivity index (χ3v) is 6.19. The van der Waals surface area contributed by atoms with E-state index in [0.29, 0.717) is 6.01 Å². The zero-order valence-electron chi connectivity index (χ0n) is 18.5. The second-order valence-corrected chi connectivity index (χ2v) is 8.44. The lowest BCUT2D eigenvalue weighted by Crippen LogP contribution is -2.46. The van der Waals surface area contributed by atoms with Crippen LogP contribution in [0.3, 0.4) is 0 Å². The minimum Gasteiger partial charge on any atom is -0.432 e. The number of aryl methyl sites for hydroxylation is 1. The fourth-order valence-electron chi connectivity index (χ4n) is 4.42. The monoisotopic (exact) mass is 439 g/mol. The van der Waals surface area contributed by atoms with Crippen LogP contribution in [-0.4, -0.2) is 50.6 Å². The SMILES string of the molecule is Cn1cc(-c2ccc3c(N4CCN(c5nc(Cc6ccccc6)co5)CC4)cnn3c2)cn1. The summed E-state index contributed by atoms with van der Waals surface area (Å²) >= 11 is 0. The van der Waals surface area contributed by atoms with E-state index in [1.165, 1.54) is 5.56 Å². The lowest BCUT2D eigenvalue weighted by Gasteiger charge is -2.34. The highest BCUT2D eigenvalue weighted by Gasteiger charge is 2.23. The maximum Gasteiger partial charge on any atom is 0.297 e. The van der Waals surface area contributed by atoms with Gasteiger partial charge in [0.15, 0.2) is 0 Å². The number of hydrogen-bond donors (Lipinski definition) is 0. The van der Waals surface area contributed by atoms with Crippen molar-refractivity contribution in [3.05, 3.63) is 84.8 Å². The van der Waals surface area contributed by atoms with Gasteiger partial charge in [0, 0.05) is 63.2 Å². The molecule has 1 fully saturated rings. The van der Waals surface area contributed by atoms with Crippen molar-refractivity contribution < 1.29 is 4.42 Å². The Labute approximate surface area is 191 Å². The van der Waals surface area contributed by atoms with Crippen LogP contribution < -0.4 is 9.80 Å². The van der Waals surface area contributed by atoms with Crippen LogP contribution in [-0.2, 0) is 13.5 Å². The second kappa shape index (κ2) is 8.12. The van der Waals surface area contributed by atoms with E-state index in [4.69, 9.17) is 9.40 Å². The third-order valence-electron chi connectivity index (χ3n) is 6.19. The second-order valence-electron chi connectivity index (χ2n) is 8.44. The molecule has 0 bridgehead atoms. The average Bonchev–Trinajstić information content (AvgIpc) is 3.59. The van der Waals surface area contributed by atoms with Crippen molar-refractivity contribution in [2.75, 3.05) is 36.0 Å². The quantitative estimate of drug-likeness (QED) is 0.417. The van der Waals surface area contributed by atoms with Crippen molar-refractivity contribution in [1.82, 2.24) is 24.4 Å². The van der Waals surface area contributed by atoms with Crippen LogP contribution in [0.4, 0.5) is 11.7 Å². The van der Waals surface area contributed by atoms with Gasteiger partial charge < -0.3 is 14.2 Å². The van der Waals surface area contributed by atoms with Gasteiger partial charge in [-0.15, -0.1) is 0 Å². The number of pyridine rings is 1. The fourth-order valence-corrected chi connectivity index (χ4v) is 4.42. The summed E-state index contributed by atoms with van der Waals surface area (Å²) in [6, 6.07) is 15.3. The summed E-state index contributed by atoms with van der Waals surface area (Å²) in [7, 11) is 1.93. The molecule has 0 atom stereocenters. The molecule has 5 heterocycles. The van der Waals surface area contributed by atoms with Gasteiger partial charge in [0.25, 0.3) is 6.01 Å². The molecule has 0 unspecified atom stereocenters. The number of hydrogen-bond acceptors (Lipinski definition) is 6. The van der Waals surface area contributed by atoms with Crippen LogP contribution in [0.2, 0.25) is 0 Å². The van der Waals surface area contributed by atoms with Gasteiger partial charge in [0.2, 0.25) is 0 Å². The predicted molar refractivity (Wildman–Crippen MR) is 128 cm³/mol. The van der Waals surface area contributed by atoms with E-state index in [2.05, 4.69) is 62.6 Å². The van der Waals surface area contributed by atoms with Gasteiger partial charge in [0.05, 0.1) is 29.3 Å². The lowest BCUT2D eigenvalue weighted by molar-refractivity contribution is 0.516. The molecule has 1 aromatic carbocycles. The van der Waals surface area contributed by atoms with E-state index in [0.717, 1.165) is 60.6 Å². The molecule has 0 spiro atoms. The van der Waals surface area contributed by atoms with Crippen LogP contribution in [0.5, 0.6) is 0 Å². The molecule has 8 nitrogen and oxygen atoms in total. The Morgan fingerprint density at radius 2 is 1.67 bits per heavy atom. The van der Waals surface area contributed by atoms with Gasteiger partial charge >= 0.3 is 0 Å². The highest BCUT2D eigenvalue weighted by Crippen LogP contribution is 2.27. The van der Waals surface area contributed by atoms with Gasteiger partial charge in [-0.2, -0.15) is 15.2 Å². The van der Waals surface area contributed by atoms with Crippen molar-refractivity contribution in [3.8, 4) is 11.1 Å². The van der Waals surface area contributed by atoms with Gasteiger partial charge in [0.1, 0.15) is 6.26 Å². The Kier molecular flexibility index (Phi) is 4.83. The highest BCUT2D eigenvalue weighted by molar-refractivity contribution is 5.75. The number of piperazine rings is 1. The van der Waals surface area contributed by atoms with Gasteiger partial charge in [-0.1, -0.05) is 36.4 Å². The number of oxazole rings is 1. The van der Waals surface area contributed by atoms with Crippen LogP contribution >= 0.6 is 0 Å². The molecule has 0 amide bonds. The van der Waals surface area contributed by atoms with Crippen molar-refractivity contribution in [3.63, 3.8) is 0 Å². The first-order valence-electron chi connectivity index (χ1n) is 11.2. The fraction of sp³-hybridized carbons (Fsp3) is 0.240. The maximum atomic E-state index is 5.80. The third kappa shape index (κ3) is 3.84. The number of aromatic nitrogens is 5. The predicted octanol–water partition coefficient (Wildman–Crippen LogP) is 3.64. The van der Waals surface area contributed by atoms with Crippen LogP contribution in [0.15, 0.2) is 77.9 Å². The molecule has 0 N–H and O–H groups in total. The first-order chi connectivity index (χ1) is 16.2. The van der Waals surface area contributed by atoms with Crippen LogP contribution in [0.1, 0.15) is 11.3 Å². The summed E-state index contributed by atoms with van der Waals surface area (Å²) in [5.41, 5.74) is 6.66. The summed E-state index contributed by atoms with van der Waals surface area (Å²) in [5, 5.41) is 8.88. The molecule has 4 aromatic heterocycles. The molecule has 1 aliphatic rings. The maximum absolute atomic E-state index is 5.80. The lowest BCUT2D eigenvalue weighted by atomic mass is 10.1. The Morgan fingerprint density at radius 1 is 0.848 bits per heavy atom. The number of anilines is 2. The van der Waals surface area contributed by atoms with Crippen molar-refractivity contribution in [2.45, 2.75) is 6.42 Å². The Hall–Kier alpha value is -4.07. The molecule has 33 heavy (non-hydrogen) atoms. The van der Waals surface area contributed by atoms with Crippen LogP contribution in [0, 0.1) is 0 Å². The summed E-state index contributed by atoms with van der Waals surface area (Å²) < 4.78 is 9.57. The van der Waals surface area contributed by atoms with E-state index < -0.39 is 0 Å². The van der Waals surface area contributed by atoms with Gasteiger partial charge in [-0.3, -0.25) is 4.68 Å².